The molecule has 0 aromatic heterocycles. The summed E-state index contributed by atoms with van der Waals surface area (Å²) in [7, 11) is 0. The average Bonchev–Trinajstić information content (AvgIpc) is 2.76. The van der Waals surface area contributed by atoms with Crippen LogP contribution in [0, 0.1) is 5.92 Å². The standard InChI is InChI=1S/C14H17ClN2O3/c1-2-19-14(18)12-8-6-7-20-13-9(11(8)16-17-12)4-3-5-10(13)15/h3-5,8,11-12,16-17H,2,6-7H2,1H3. The fourth-order valence-electron chi connectivity index (χ4n) is 2.91. The summed E-state index contributed by atoms with van der Waals surface area (Å²) in [6.45, 7) is 2.73. The van der Waals surface area contributed by atoms with Crippen LogP contribution in [0.5, 0.6) is 5.75 Å². The Bertz CT molecular complexity index is 523. The van der Waals surface area contributed by atoms with Crippen molar-refractivity contribution in [3.63, 3.8) is 0 Å². The van der Waals surface area contributed by atoms with Crippen molar-refractivity contribution < 1.29 is 14.3 Å². The lowest BCUT2D eigenvalue weighted by Crippen LogP contribution is -2.40. The van der Waals surface area contributed by atoms with Crippen LogP contribution in [0.25, 0.3) is 0 Å². The number of carbonyl (C=O) groups is 1. The topological polar surface area (TPSA) is 59.6 Å². The molecule has 0 bridgehead atoms. The Labute approximate surface area is 122 Å². The van der Waals surface area contributed by atoms with E-state index < -0.39 is 0 Å². The van der Waals surface area contributed by atoms with Crippen LogP contribution < -0.4 is 15.6 Å². The Morgan fingerprint density at radius 1 is 1.50 bits per heavy atom. The largest absolute Gasteiger partial charge is 0.492 e. The fourth-order valence-corrected chi connectivity index (χ4v) is 3.15. The van der Waals surface area contributed by atoms with Gasteiger partial charge in [-0.2, -0.15) is 0 Å². The number of benzene rings is 1. The SMILES string of the molecule is CCOC(=O)C1NNC2c3cccc(Cl)c3OCCC12. The minimum absolute atomic E-state index is 0.000561. The summed E-state index contributed by atoms with van der Waals surface area (Å²) in [5, 5.41) is 0.601. The molecule has 3 unspecified atom stereocenters. The monoisotopic (exact) mass is 296 g/mol. The molecule has 2 aliphatic heterocycles. The predicted molar refractivity (Wildman–Crippen MR) is 74.5 cm³/mol. The molecule has 0 amide bonds. The van der Waals surface area contributed by atoms with E-state index in [0.29, 0.717) is 24.0 Å². The van der Waals surface area contributed by atoms with Crippen LogP contribution in [0.1, 0.15) is 24.9 Å². The van der Waals surface area contributed by atoms with Crippen LogP contribution in [0.2, 0.25) is 5.02 Å². The second kappa shape index (κ2) is 5.60. The van der Waals surface area contributed by atoms with Crippen LogP contribution in [0.3, 0.4) is 0 Å². The van der Waals surface area contributed by atoms with E-state index in [9.17, 15) is 4.79 Å². The van der Waals surface area contributed by atoms with Gasteiger partial charge in [-0.05, 0) is 19.4 Å². The number of halogens is 1. The molecule has 0 radical (unpaired) electrons. The highest BCUT2D eigenvalue weighted by atomic mass is 35.5. The number of ether oxygens (including phenoxy) is 2. The van der Waals surface area contributed by atoms with Crippen LogP contribution in [-0.2, 0) is 9.53 Å². The number of para-hydroxylation sites is 1. The van der Waals surface area contributed by atoms with Crippen molar-refractivity contribution in [2.45, 2.75) is 25.4 Å². The van der Waals surface area contributed by atoms with Crippen LogP contribution in [-0.4, -0.2) is 25.2 Å². The van der Waals surface area contributed by atoms with Gasteiger partial charge in [0.25, 0.3) is 0 Å². The van der Waals surface area contributed by atoms with Gasteiger partial charge in [0.1, 0.15) is 11.8 Å². The zero-order chi connectivity index (χ0) is 14.1. The molecule has 2 N–H and O–H groups in total. The molecule has 3 rings (SSSR count). The van der Waals surface area contributed by atoms with Crippen molar-refractivity contribution in [1.29, 1.82) is 0 Å². The first-order valence-electron chi connectivity index (χ1n) is 6.81. The second-order valence-corrected chi connectivity index (χ2v) is 5.36. The quantitative estimate of drug-likeness (QED) is 0.815. The number of fused-ring (bicyclic) bond motifs is 3. The normalized spacial score (nSPS) is 28.0. The number of esters is 1. The summed E-state index contributed by atoms with van der Waals surface area (Å²) in [6.07, 6.45) is 0.763. The van der Waals surface area contributed by atoms with E-state index in [-0.39, 0.29) is 24.0 Å². The summed E-state index contributed by atoms with van der Waals surface area (Å²) >= 11 is 6.19. The molecule has 6 heteroatoms. The maximum Gasteiger partial charge on any atom is 0.324 e. The lowest BCUT2D eigenvalue weighted by molar-refractivity contribution is -0.146. The maximum atomic E-state index is 12.0. The molecule has 1 aromatic carbocycles. The molecule has 1 saturated heterocycles. The first-order valence-corrected chi connectivity index (χ1v) is 7.19. The van der Waals surface area contributed by atoms with E-state index in [0.717, 1.165) is 12.0 Å². The Hall–Kier alpha value is -1.30. The maximum absolute atomic E-state index is 12.0. The number of hydrogen-bond donors (Lipinski definition) is 2. The van der Waals surface area contributed by atoms with Gasteiger partial charge in [0.15, 0.2) is 0 Å². The number of hydrogen-bond acceptors (Lipinski definition) is 5. The Balaban J connectivity index is 1.91. The Kier molecular flexibility index (Phi) is 3.83. The van der Waals surface area contributed by atoms with Crippen molar-refractivity contribution >= 4 is 17.6 Å². The molecule has 0 spiro atoms. The molecule has 3 atom stereocenters. The van der Waals surface area contributed by atoms with E-state index in [1.807, 2.05) is 25.1 Å². The molecule has 2 aliphatic rings. The van der Waals surface area contributed by atoms with E-state index in [2.05, 4.69) is 10.9 Å². The van der Waals surface area contributed by atoms with Crippen molar-refractivity contribution in [2.75, 3.05) is 13.2 Å². The second-order valence-electron chi connectivity index (χ2n) is 4.96. The zero-order valence-corrected chi connectivity index (χ0v) is 11.9. The molecule has 108 valence electrons. The third-order valence-electron chi connectivity index (χ3n) is 3.82. The van der Waals surface area contributed by atoms with Gasteiger partial charge in [-0.25, -0.2) is 10.9 Å². The number of hydrazine groups is 1. The van der Waals surface area contributed by atoms with Gasteiger partial charge < -0.3 is 9.47 Å². The van der Waals surface area contributed by atoms with E-state index in [1.54, 1.807) is 0 Å². The first kappa shape index (κ1) is 13.7. The summed E-state index contributed by atoms with van der Waals surface area (Å²) in [5.41, 5.74) is 7.22. The van der Waals surface area contributed by atoms with Gasteiger partial charge >= 0.3 is 5.97 Å². The Morgan fingerprint density at radius 3 is 3.15 bits per heavy atom. The smallest absolute Gasteiger partial charge is 0.324 e. The highest BCUT2D eigenvalue weighted by molar-refractivity contribution is 6.32. The number of rotatable bonds is 2. The van der Waals surface area contributed by atoms with Gasteiger partial charge in [-0.3, -0.25) is 4.79 Å². The molecule has 20 heavy (non-hydrogen) atoms. The van der Waals surface area contributed by atoms with E-state index in [1.165, 1.54) is 0 Å². The Morgan fingerprint density at radius 2 is 2.35 bits per heavy atom. The molecular formula is C14H17ClN2O3. The predicted octanol–water partition coefficient (Wildman–Crippen LogP) is 1.82. The van der Waals surface area contributed by atoms with Gasteiger partial charge in [0.05, 0.1) is 24.3 Å². The lowest BCUT2D eigenvalue weighted by atomic mass is 9.87. The first-order chi connectivity index (χ1) is 9.72. The molecule has 5 nitrogen and oxygen atoms in total. The van der Waals surface area contributed by atoms with Crippen molar-refractivity contribution in [2.24, 2.45) is 5.92 Å². The molecule has 1 aromatic rings. The van der Waals surface area contributed by atoms with Gasteiger partial charge in [0, 0.05) is 11.5 Å². The minimum Gasteiger partial charge on any atom is -0.492 e. The summed E-state index contributed by atoms with van der Waals surface area (Å²) < 4.78 is 10.9. The van der Waals surface area contributed by atoms with Crippen LogP contribution in [0.15, 0.2) is 18.2 Å². The highest BCUT2D eigenvalue weighted by Gasteiger charge is 2.43. The van der Waals surface area contributed by atoms with Crippen LogP contribution >= 0.6 is 11.6 Å². The number of carbonyl (C=O) groups excluding carboxylic acids is 1. The third-order valence-corrected chi connectivity index (χ3v) is 4.12. The molecular weight excluding hydrogens is 280 g/mol. The van der Waals surface area contributed by atoms with Crippen LogP contribution in [0.4, 0.5) is 0 Å². The molecule has 2 heterocycles. The molecule has 0 aliphatic carbocycles. The van der Waals surface area contributed by atoms with Crippen molar-refractivity contribution in [3.8, 4) is 5.75 Å². The van der Waals surface area contributed by atoms with Gasteiger partial charge in [-0.15, -0.1) is 0 Å². The summed E-state index contributed by atoms with van der Waals surface area (Å²) in [6, 6.07) is 5.33. The lowest BCUT2D eigenvalue weighted by Gasteiger charge is -2.19. The van der Waals surface area contributed by atoms with Crippen molar-refractivity contribution in [1.82, 2.24) is 10.9 Å². The summed E-state index contributed by atoms with van der Waals surface area (Å²) in [4.78, 5) is 12.0. The van der Waals surface area contributed by atoms with Crippen molar-refractivity contribution in [3.05, 3.63) is 28.8 Å². The van der Waals surface area contributed by atoms with Gasteiger partial charge in [-0.1, -0.05) is 23.7 Å². The highest BCUT2D eigenvalue weighted by Crippen LogP contribution is 2.42. The molecule has 0 saturated carbocycles. The van der Waals surface area contributed by atoms with E-state index >= 15 is 0 Å². The average molecular weight is 297 g/mol. The van der Waals surface area contributed by atoms with Gasteiger partial charge in [0.2, 0.25) is 0 Å². The minimum atomic E-state index is -0.353. The number of nitrogens with one attached hydrogen (secondary N) is 2. The fraction of sp³-hybridized carbons (Fsp3) is 0.500. The van der Waals surface area contributed by atoms with E-state index in [4.69, 9.17) is 21.1 Å². The third kappa shape index (κ3) is 2.26. The molecule has 1 fully saturated rings. The summed E-state index contributed by atoms with van der Waals surface area (Å²) in [5.74, 6) is 0.576. The zero-order valence-electron chi connectivity index (χ0n) is 11.2.